The van der Waals surface area contributed by atoms with E-state index in [1.165, 1.54) is 30.7 Å². The molecule has 2 aliphatic heterocycles. The number of anilines is 1. The van der Waals surface area contributed by atoms with E-state index < -0.39 is 21.1 Å². The van der Waals surface area contributed by atoms with Crippen LogP contribution in [0.1, 0.15) is 36.5 Å². The van der Waals surface area contributed by atoms with E-state index in [-0.39, 0.29) is 29.4 Å². The van der Waals surface area contributed by atoms with E-state index in [2.05, 4.69) is 0 Å². The van der Waals surface area contributed by atoms with Crippen molar-refractivity contribution in [2.75, 3.05) is 38.8 Å². The summed E-state index contributed by atoms with van der Waals surface area (Å²) in [7, 11) is -0.803. The second kappa shape index (κ2) is 9.16. The van der Waals surface area contributed by atoms with Gasteiger partial charge in [0.2, 0.25) is 10.0 Å². The first-order valence-electron chi connectivity index (χ1n) is 10.7. The number of ether oxygens (including phenoxy) is 2. The molecule has 1 saturated heterocycles. The molecule has 11 heteroatoms. The summed E-state index contributed by atoms with van der Waals surface area (Å²) in [5.41, 5.74) is 1.15. The Morgan fingerprint density at radius 2 is 1.73 bits per heavy atom. The molecule has 2 heterocycles. The number of methoxy groups -OCH3 is 2. The Bertz CT molecular complexity index is 1160. The molecule has 1 unspecified atom stereocenters. The minimum Gasteiger partial charge on any atom is -0.496 e. The van der Waals surface area contributed by atoms with Crippen LogP contribution >= 0.6 is 0 Å². The Morgan fingerprint density at radius 3 is 2.36 bits per heavy atom. The van der Waals surface area contributed by atoms with Crippen molar-refractivity contribution in [2.45, 2.75) is 36.8 Å². The third kappa shape index (κ3) is 4.23. The minimum atomic E-state index is -3.82. The second-order valence-electron chi connectivity index (χ2n) is 8.13. The maximum atomic E-state index is 13.0. The number of hydrogen-bond donors (Lipinski definition) is 1. The van der Waals surface area contributed by atoms with Crippen molar-refractivity contribution in [3.05, 3.63) is 51.6 Å². The zero-order chi connectivity index (χ0) is 23.8. The number of β-amino-alcohol motifs (C(OH)–C–C–N with tert-alkyl or cyclic N) is 1. The number of hydrogen-bond acceptors (Lipinski definition) is 8. The van der Waals surface area contributed by atoms with Crippen molar-refractivity contribution in [3.63, 3.8) is 0 Å². The molecule has 0 amide bonds. The molecule has 0 aromatic heterocycles. The van der Waals surface area contributed by atoms with Crippen LogP contribution < -0.4 is 14.4 Å². The lowest BCUT2D eigenvalue weighted by atomic mass is 9.94. The number of aliphatic hydroxyl groups excluding tert-OH is 1. The number of nitro groups is 1. The summed E-state index contributed by atoms with van der Waals surface area (Å²) >= 11 is 0. The second-order valence-corrected chi connectivity index (χ2v) is 10.1. The first-order valence-corrected chi connectivity index (χ1v) is 12.2. The van der Waals surface area contributed by atoms with Crippen molar-refractivity contribution >= 4 is 21.4 Å². The topological polar surface area (TPSA) is 122 Å². The average Bonchev–Trinajstić information content (AvgIpc) is 2.83. The number of sulfonamides is 1. The van der Waals surface area contributed by atoms with Crippen molar-refractivity contribution in [1.82, 2.24) is 4.31 Å². The molecule has 10 nitrogen and oxygen atoms in total. The largest absolute Gasteiger partial charge is 0.496 e. The quantitative estimate of drug-likeness (QED) is 0.498. The van der Waals surface area contributed by atoms with E-state index in [1.54, 1.807) is 17.0 Å². The Kier molecular flexibility index (Phi) is 6.46. The Balaban J connectivity index is 1.74. The predicted molar refractivity (Wildman–Crippen MR) is 121 cm³/mol. The van der Waals surface area contributed by atoms with Gasteiger partial charge in [0.25, 0.3) is 5.69 Å². The molecule has 2 aromatic carbocycles. The summed E-state index contributed by atoms with van der Waals surface area (Å²) in [5, 5.41) is 22.8. The molecular formula is C22H27N3O7S. The van der Waals surface area contributed by atoms with Gasteiger partial charge in [0.05, 0.1) is 24.0 Å². The molecule has 1 fully saturated rings. The number of benzene rings is 2. The van der Waals surface area contributed by atoms with Crippen molar-refractivity contribution in [3.8, 4) is 11.5 Å². The zero-order valence-corrected chi connectivity index (χ0v) is 19.4. The highest BCUT2D eigenvalue weighted by molar-refractivity contribution is 7.89. The van der Waals surface area contributed by atoms with E-state index in [4.69, 9.17) is 9.47 Å². The van der Waals surface area contributed by atoms with E-state index in [9.17, 15) is 23.6 Å². The van der Waals surface area contributed by atoms with Gasteiger partial charge in [-0.05, 0) is 37.1 Å². The molecule has 1 atom stereocenters. The van der Waals surface area contributed by atoms with Crippen LogP contribution in [0.4, 0.5) is 11.4 Å². The fourth-order valence-corrected chi connectivity index (χ4v) is 6.13. The summed E-state index contributed by atoms with van der Waals surface area (Å²) < 4.78 is 38.3. The number of nitro benzene ring substituents is 1. The highest BCUT2D eigenvalue weighted by Gasteiger charge is 2.34. The Morgan fingerprint density at radius 1 is 1.06 bits per heavy atom. The SMILES string of the molecule is COc1ccc(OC)c2c1CN(c1ccc(S(=O)(=O)N3CCCCC3)cc1[N+](=O)[O-])CC2O. The Hall–Kier alpha value is -2.89. The van der Waals surface area contributed by atoms with Crippen molar-refractivity contribution in [2.24, 2.45) is 0 Å². The lowest BCUT2D eigenvalue weighted by Crippen LogP contribution is -2.36. The first-order chi connectivity index (χ1) is 15.8. The van der Waals surface area contributed by atoms with Gasteiger partial charge >= 0.3 is 0 Å². The van der Waals surface area contributed by atoms with Crippen LogP contribution in [0.15, 0.2) is 35.2 Å². The van der Waals surface area contributed by atoms with Gasteiger partial charge in [-0.3, -0.25) is 10.1 Å². The van der Waals surface area contributed by atoms with E-state index in [0.29, 0.717) is 35.7 Å². The molecule has 2 aromatic rings. The fourth-order valence-electron chi connectivity index (χ4n) is 4.59. The summed E-state index contributed by atoms with van der Waals surface area (Å²) in [6, 6.07) is 7.39. The van der Waals surface area contributed by atoms with E-state index >= 15 is 0 Å². The molecule has 178 valence electrons. The molecule has 0 saturated carbocycles. The maximum Gasteiger partial charge on any atom is 0.293 e. The third-order valence-electron chi connectivity index (χ3n) is 6.23. The van der Waals surface area contributed by atoms with Gasteiger partial charge in [0, 0.05) is 43.4 Å². The van der Waals surface area contributed by atoms with Crippen LogP contribution in [0.5, 0.6) is 11.5 Å². The van der Waals surface area contributed by atoms with Crippen molar-refractivity contribution in [1.29, 1.82) is 0 Å². The third-order valence-corrected chi connectivity index (χ3v) is 8.12. The molecule has 1 N–H and O–H groups in total. The zero-order valence-electron chi connectivity index (χ0n) is 18.6. The first kappa shape index (κ1) is 23.3. The van der Waals surface area contributed by atoms with E-state index in [0.717, 1.165) is 25.3 Å². The number of rotatable bonds is 6. The van der Waals surface area contributed by atoms with Crippen LogP contribution in [0.25, 0.3) is 0 Å². The number of piperidine rings is 1. The van der Waals surface area contributed by atoms with Crippen LogP contribution in [0.3, 0.4) is 0 Å². The maximum absolute atomic E-state index is 13.0. The van der Waals surface area contributed by atoms with Gasteiger partial charge in [0.1, 0.15) is 23.3 Å². The van der Waals surface area contributed by atoms with Crippen LogP contribution in [0.2, 0.25) is 0 Å². The van der Waals surface area contributed by atoms with E-state index in [1.807, 2.05) is 0 Å². The van der Waals surface area contributed by atoms with Gasteiger partial charge in [0.15, 0.2) is 0 Å². The van der Waals surface area contributed by atoms with Crippen LogP contribution in [-0.2, 0) is 16.6 Å². The van der Waals surface area contributed by atoms with Gasteiger partial charge in [-0.2, -0.15) is 4.31 Å². The fraction of sp³-hybridized carbons (Fsp3) is 0.455. The van der Waals surface area contributed by atoms with Gasteiger partial charge in [-0.15, -0.1) is 0 Å². The minimum absolute atomic E-state index is 0.0790. The summed E-state index contributed by atoms with van der Waals surface area (Å²) in [4.78, 5) is 12.9. The molecule has 4 rings (SSSR count). The highest BCUT2D eigenvalue weighted by atomic mass is 32.2. The molecule has 2 aliphatic rings. The molecule has 33 heavy (non-hydrogen) atoms. The lowest BCUT2D eigenvalue weighted by Gasteiger charge is -2.35. The van der Waals surface area contributed by atoms with Crippen LogP contribution in [0, 0.1) is 10.1 Å². The number of nitrogens with zero attached hydrogens (tertiary/aromatic N) is 3. The summed E-state index contributed by atoms with van der Waals surface area (Å²) in [6.45, 7) is 1.13. The number of aliphatic hydroxyl groups is 1. The molecule has 0 spiro atoms. The lowest BCUT2D eigenvalue weighted by molar-refractivity contribution is -0.384. The smallest absolute Gasteiger partial charge is 0.293 e. The molecule has 0 bridgehead atoms. The molecular weight excluding hydrogens is 450 g/mol. The van der Waals surface area contributed by atoms with Crippen LogP contribution in [-0.4, -0.2) is 56.6 Å². The van der Waals surface area contributed by atoms with Gasteiger partial charge < -0.3 is 19.5 Å². The molecule has 0 radical (unpaired) electrons. The monoisotopic (exact) mass is 477 g/mol. The standard InChI is InChI=1S/C22H27N3O7S/c1-31-20-8-9-21(32-2)22-16(20)13-23(14-19(22)26)17-7-6-15(12-18(17)25(27)28)33(29,30)24-10-4-3-5-11-24/h6-9,12,19,26H,3-5,10-11,13-14H2,1-2H3. The Labute approximate surface area is 192 Å². The number of fused-ring (bicyclic) bond motifs is 1. The average molecular weight is 478 g/mol. The van der Waals surface area contributed by atoms with Crippen molar-refractivity contribution < 1.29 is 27.9 Å². The summed E-state index contributed by atoms with van der Waals surface area (Å²) in [5.74, 6) is 1.04. The molecule has 0 aliphatic carbocycles. The van der Waals surface area contributed by atoms with Gasteiger partial charge in [-0.25, -0.2) is 8.42 Å². The predicted octanol–water partition coefficient (Wildman–Crippen LogP) is 2.84. The summed E-state index contributed by atoms with van der Waals surface area (Å²) in [6.07, 6.45) is 1.54. The van der Waals surface area contributed by atoms with Gasteiger partial charge in [-0.1, -0.05) is 6.42 Å². The normalized spacial score (nSPS) is 19.1. The highest BCUT2D eigenvalue weighted by Crippen LogP contribution is 2.43.